The fraction of sp³-hybridized carbons (Fsp3) is 0.350. The topological polar surface area (TPSA) is 111 Å². The first-order valence-electron chi connectivity index (χ1n) is 9.33. The van der Waals surface area contributed by atoms with Gasteiger partial charge in [-0.2, -0.15) is 0 Å². The van der Waals surface area contributed by atoms with Crippen LogP contribution in [0.3, 0.4) is 0 Å². The molecule has 1 heterocycles. The summed E-state index contributed by atoms with van der Waals surface area (Å²) < 4.78 is 28.7. The van der Waals surface area contributed by atoms with E-state index in [-0.39, 0.29) is 17.5 Å². The van der Waals surface area contributed by atoms with Gasteiger partial charge in [-0.05, 0) is 30.9 Å². The van der Waals surface area contributed by atoms with Crippen LogP contribution in [0.2, 0.25) is 0 Å². The SMILES string of the molecule is CON(C)c1ncc(C(=O)N[C@H](/C=C/S(C)(=O)=O)C2CC2)nc1Oc1ccccc1. The number of nitrogens with one attached hydrogen (secondary N) is 1. The van der Waals surface area contributed by atoms with E-state index in [1.807, 2.05) is 18.2 Å². The van der Waals surface area contributed by atoms with Crippen molar-refractivity contribution in [3.05, 3.63) is 53.7 Å². The zero-order chi connectivity index (χ0) is 21.7. The highest BCUT2D eigenvalue weighted by molar-refractivity contribution is 7.93. The second kappa shape index (κ2) is 9.23. The number of carbonyl (C=O) groups is 1. The number of aromatic nitrogens is 2. The van der Waals surface area contributed by atoms with Gasteiger partial charge in [-0.3, -0.25) is 9.63 Å². The maximum absolute atomic E-state index is 12.8. The van der Waals surface area contributed by atoms with E-state index in [1.165, 1.54) is 24.4 Å². The third-order valence-corrected chi connectivity index (χ3v) is 5.10. The molecule has 1 saturated carbocycles. The quantitative estimate of drug-likeness (QED) is 0.601. The summed E-state index contributed by atoms with van der Waals surface area (Å²) in [5.74, 6) is 0.671. The molecule has 0 aliphatic heterocycles. The summed E-state index contributed by atoms with van der Waals surface area (Å²) in [6, 6.07) is 8.59. The predicted molar refractivity (Wildman–Crippen MR) is 112 cm³/mol. The van der Waals surface area contributed by atoms with E-state index in [2.05, 4.69) is 15.3 Å². The Balaban J connectivity index is 1.84. The van der Waals surface area contributed by atoms with Crippen molar-refractivity contribution in [1.82, 2.24) is 15.3 Å². The van der Waals surface area contributed by atoms with E-state index >= 15 is 0 Å². The minimum atomic E-state index is -3.28. The molecule has 0 saturated heterocycles. The van der Waals surface area contributed by atoms with Crippen LogP contribution in [-0.4, -0.2) is 50.7 Å². The molecule has 0 unspecified atom stereocenters. The largest absolute Gasteiger partial charge is 0.436 e. The number of hydroxylamine groups is 1. The Labute approximate surface area is 175 Å². The van der Waals surface area contributed by atoms with Crippen molar-refractivity contribution in [2.45, 2.75) is 18.9 Å². The second-order valence-electron chi connectivity index (χ2n) is 6.97. The molecule has 1 aromatic carbocycles. The minimum absolute atomic E-state index is 0.0487. The number of sulfone groups is 1. The molecular formula is C20H24N4O5S. The molecule has 0 bridgehead atoms. The summed E-state index contributed by atoms with van der Waals surface area (Å²) in [6.45, 7) is 0. The number of amides is 1. The monoisotopic (exact) mass is 432 g/mol. The zero-order valence-electron chi connectivity index (χ0n) is 17.0. The molecule has 1 aliphatic carbocycles. The Kier molecular flexibility index (Phi) is 6.68. The van der Waals surface area contributed by atoms with E-state index in [9.17, 15) is 13.2 Å². The third kappa shape index (κ3) is 6.01. The molecule has 1 aliphatic rings. The van der Waals surface area contributed by atoms with Gasteiger partial charge in [0, 0.05) is 18.7 Å². The van der Waals surface area contributed by atoms with Crippen LogP contribution >= 0.6 is 0 Å². The molecular weight excluding hydrogens is 408 g/mol. The number of carbonyl (C=O) groups excluding carboxylic acids is 1. The second-order valence-corrected chi connectivity index (χ2v) is 8.91. The summed E-state index contributed by atoms with van der Waals surface area (Å²) in [4.78, 5) is 26.5. The van der Waals surface area contributed by atoms with Gasteiger partial charge in [0.15, 0.2) is 15.5 Å². The van der Waals surface area contributed by atoms with Crippen molar-refractivity contribution >= 4 is 21.6 Å². The highest BCUT2D eigenvalue weighted by Crippen LogP contribution is 2.33. The average Bonchev–Trinajstić information content (AvgIpc) is 3.55. The molecule has 1 fully saturated rings. The van der Waals surface area contributed by atoms with Crippen LogP contribution in [0.5, 0.6) is 11.6 Å². The molecule has 9 nitrogen and oxygen atoms in total. The lowest BCUT2D eigenvalue weighted by atomic mass is 10.2. The molecule has 0 radical (unpaired) electrons. The fourth-order valence-corrected chi connectivity index (χ4v) is 3.13. The maximum atomic E-state index is 12.8. The van der Waals surface area contributed by atoms with Crippen molar-refractivity contribution in [2.24, 2.45) is 5.92 Å². The van der Waals surface area contributed by atoms with E-state index in [1.54, 1.807) is 19.2 Å². The van der Waals surface area contributed by atoms with Gasteiger partial charge in [0.25, 0.3) is 11.8 Å². The van der Waals surface area contributed by atoms with Crippen molar-refractivity contribution in [3.63, 3.8) is 0 Å². The fourth-order valence-electron chi connectivity index (χ4n) is 2.68. The number of nitrogens with zero attached hydrogens (tertiary/aromatic N) is 3. The summed E-state index contributed by atoms with van der Waals surface area (Å²) in [6.07, 6.45) is 5.78. The Hall–Kier alpha value is -2.98. The molecule has 1 amide bonds. The smallest absolute Gasteiger partial charge is 0.272 e. The standard InChI is InChI=1S/C20H24N4O5S/c1-24(28-2)18-20(29-15-7-5-4-6-8-15)23-17(13-21-18)19(25)22-16(14-9-10-14)11-12-30(3,26)27/h4-8,11-14,16H,9-10H2,1-3H3,(H,22,25)/b12-11+/t16-/m1/s1. The lowest BCUT2D eigenvalue weighted by Gasteiger charge is -2.19. The zero-order valence-corrected chi connectivity index (χ0v) is 17.8. The van der Waals surface area contributed by atoms with Crippen LogP contribution in [0.1, 0.15) is 23.3 Å². The van der Waals surface area contributed by atoms with Gasteiger partial charge < -0.3 is 10.1 Å². The van der Waals surface area contributed by atoms with Gasteiger partial charge in [-0.15, -0.1) is 0 Å². The van der Waals surface area contributed by atoms with Crippen LogP contribution in [0.25, 0.3) is 0 Å². The summed E-state index contributed by atoms with van der Waals surface area (Å²) in [5, 5.41) is 5.31. The summed E-state index contributed by atoms with van der Waals surface area (Å²) in [5.41, 5.74) is 0.0487. The van der Waals surface area contributed by atoms with Gasteiger partial charge in [0.1, 0.15) is 5.75 Å². The first-order chi connectivity index (χ1) is 14.3. The van der Waals surface area contributed by atoms with Gasteiger partial charge in [0.2, 0.25) is 5.82 Å². The molecule has 0 spiro atoms. The highest BCUT2D eigenvalue weighted by Gasteiger charge is 2.31. The number of rotatable bonds is 9. The van der Waals surface area contributed by atoms with Crippen molar-refractivity contribution in [3.8, 4) is 11.6 Å². The van der Waals surface area contributed by atoms with Gasteiger partial charge in [0.05, 0.1) is 19.3 Å². The Bertz CT molecular complexity index is 1020. The number of hydrogen-bond donors (Lipinski definition) is 1. The molecule has 1 aromatic heterocycles. The molecule has 160 valence electrons. The number of ether oxygens (including phenoxy) is 1. The molecule has 3 rings (SSSR count). The van der Waals surface area contributed by atoms with E-state index < -0.39 is 21.8 Å². The third-order valence-electron chi connectivity index (χ3n) is 4.45. The highest BCUT2D eigenvalue weighted by atomic mass is 32.2. The van der Waals surface area contributed by atoms with Gasteiger partial charge in [-0.25, -0.2) is 23.4 Å². The lowest BCUT2D eigenvalue weighted by molar-refractivity contribution is 0.0934. The summed E-state index contributed by atoms with van der Waals surface area (Å²) >= 11 is 0. The number of anilines is 1. The molecule has 30 heavy (non-hydrogen) atoms. The Morgan fingerprint density at radius 2 is 2.00 bits per heavy atom. The normalized spacial score (nSPS) is 15.0. The molecule has 10 heteroatoms. The molecule has 2 aromatic rings. The van der Waals surface area contributed by atoms with Crippen LogP contribution in [0.15, 0.2) is 48.0 Å². The lowest BCUT2D eigenvalue weighted by Crippen LogP contribution is -2.35. The minimum Gasteiger partial charge on any atom is -0.436 e. The van der Waals surface area contributed by atoms with E-state index in [4.69, 9.17) is 9.57 Å². The van der Waals surface area contributed by atoms with Crippen LogP contribution in [0, 0.1) is 5.92 Å². The predicted octanol–water partition coefficient (Wildman–Crippen LogP) is 2.33. The van der Waals surface area contributed by atoms with Crippen molar-refractivity contribution in [1.29, 1.82) is 0 Å². The van der Waals surface area contributed by atoms with E-state index in [0.717, 1.165) is 24.5 Å². The van der Waals surface area contributed by atoms with Crippen LogP contribution < -0.4 is 15.1 Å². The van der Waals surface area contributed by atoms with Crippen molar-refractivity contribution in [2.75, 3.05) is 25.5 Å². The first kappa shape index (κ1) is 21.7. The Morgan fingerprint density at radius 1 is 1.30 bits per heavy atom. The van der Waals surface area contributed by atoms with Crippen LogP contribution in [-0.2, 0) is 14.7 Å². The van der Waals surface area contributed by atoms with Gasteiger partial charge >= 0.3 is 0 Å². The Morgan fingerprint density at radius 3 is 2.60 bits per heavy atom. The number of hydrogen-bond acceptors (Lipinski definition) is 8. The van der Waals surface area contributed by atoms with Crippen molar-refractivity contribution < 1.29 is 22.8 Å². The molecule has 1 N–H and O–H groups in total. The maximum Gasteiger partial charge on any atom is 0.272 e. The summed E-state index contributed by atoms with van der Waals surface area (Å²) in [7, 11) is -0.169. The van der Waals surface area contributed by atoms with Crippen LogP contribution in [0.4, 0.5) is 5.82 Å². The van der Waals surface area contributed by atoms with E-state index in [0.29, 0.717) is 11.6 Å². The molecule has 1 atom stereocenters. The number of para-hydroxylation sites is 1. The first-order valence-corrected chi connectivity index (χ1v) is 11.3. The average molecular weight is 433 g/mol. The van der Waals surface area contributed by atoms with Gasteiger partial charge in [-0.1, -0.05) is 24.3 Å². The number of benzene rings is 1.